The van der Waals surface area contributed by atoms with E-state index in [1.54, 1.807) is 0 Å². The predicted octanol–water partition coefficient (Wildman–Crippen LogP) is 1.19. The largest absolute Gasteiger partial charge is 0.311 e. The van der Waals surface area contributed by atoms with Crippen LogP contribution in [0.5, 0.6) is 0 Å². The number of nitrogens with one attached hydrogen (secondary N) is 1. The fourth-order valence-corrected chi connectivity index (χ4v) is 3.73. The van der Waals surface area contributed by atoms with Crippen LogP contribution >= 0.6 is 0 Å². The zero-order chi connectivity index (χ0) is 13.9. The molecule has 0 radical (unpaired) electrons. The third-order valence-corrected chi connectivity index (χ3v) is 4.76. The molecule has 2 saturated heterocycles. The molecule has 6 heteroatoms. The van der Waals surface area contributed by atoms with Crippen LogP contribution in [0.3, 0.4) is 0 Å². The number of aryl methyl sites for hydroxylation is 1. The first-order valence-electron chi connectivity index (χ1n) is 8.05. The second kappa shape index (κ2) is 6.18. The second-order valence-corrected chi connectivity index (χ2v) is 6.14. The lowest BCUT2D eigenvalue weighted by atomic mass is 9.98. The number of fused-ring (bicyclic) bond motifs is 2. The summed E-state index contributed by atoms with van der Waals surface area (Å²) in [5.74, 6) is 1.01. The number of tetrazole rings is 1. The Labute approximate surface area is 120 Å². The van der Waals surface area contributed by atoms with E-state index in [4.69, 9.17) is 0 Å². The highest BCUT2D eigenvalue weighted by atomic mass is 15.5. The summed E-state index contributed by atoms with van der Waals surface area (Å²) in [5.41, 5.74) is 0. The zero-order valence-corrected chi connectivity index (χ0v) is 12.6. The molecular weight excluding hydrogens is 252 g/mol. The third kappa shape index (κ3) is 2.86. The Kier molecular flexibility index (Phi) is 4.31. The van der Waals surface area contributed by atoms with Crippen molar-refractivity contribution in [3.05, 3.63) is 5.82 Å². The molecule has 0 saturated carbocycles. The first-order valence-corrected chi connectivity index (χ1v) is 8.05. The minimum absolute atomic E-state index is 0.686. The van der Waals surface area contributed by atoms with Gasteiger partial charge in [0.25, 0.3) is 0 Å². The molecule has 20 heavy (non-hydrogen) atoms. The van der Waals surface area contributed by atoms with Crippen molar-refractivity contribution >= 4 is 0 Å². The average Bonchev–Trinajstić information content (AvgIpc) is 3.03. The standard InChI is InChI=1S/C14H26N6/c1-3-7-20-14(16-17-18-20)10-19(4-2)13-8-11-5-6-12(9-13)15-11/h11-13,15H,3-10H2,1-2H3. The number of nitrogens with zero attached hydrogens (tertiary/aromatic N) is 5. The van der Waals surface area contributed by atoms with E-state index in [2.05, 4.69) is 39.6 Å². The van der Waals surface area contributed by atoms with E-state index >= 15 is 0 Å². The molecule has 2 fully saturated rings. The lowest BCUT2D eigenvalue weighted by Crippen LogP contribution is -2.48. The van der Waals surface area contributed by atoms with Crippen LogP contribution in [0.1, 0.15) is 51.8 Å². The topological polar surface area (TPSA) is 58.9 Å². The summed E-state index contributed by atoms with van der Waals surface area (Å²) in [6, 6.07) is 2.16. The van der Waals surface area contributed by atoms with Gasteiger partial charge in [-0.3, -0.25) is 4.90 Å². The van der Waals surface area contributed by atoms with E-state index in [1.807, 2.05) is 4.68 Å². The summed E-state index contributed by atoms with van der Waals surface area (Å²) in [7, 11) is 0. The summed E-state index contributed by atoms with van der Waals surface area (Å²) in [5, 5.41) is 15.9. The lowest BCUT2D eigenvalue weighted by molar-refractivity contribution is 0.135. The summed E-state index contributed by atoms with van der Waals surface area (Å²) < 4.78 is 1.96. The molecule has 0 amide bonds. The van der Waals surface area contributed by atoms with Crippen molar-refractivity contribution in [2.45, 2.75) is 77.2 Å². The fraction of sp³-hybridized carbons (Fsp3) is 0.929. The van der Waals surface area contributed by atoms with Gasteiger partial charge < -0.3 is 5.32 Å². The van der Waals surface area contributed by atoms with Crippen LogP contribution in [0.2, 0.25) is 0 Å². The second-order valence-electron chi connectivity index (χ2n) is 6.14. The van der Waals surface area contributed by atoms with Crippen molar-refractivity contribution in [3.8, 4) is 0 Å². The van der Waals surface area contributed by atoms with E-state index in [1.165, 1.54) is 25.7 Å². The molecule has 2 aliphatic rings. The molecule has 1 aromatic heterocycles. The highest BCUT2D eigenvalue weighted by Gasteiger charge is 2.35. The van der Waals surface area contributed by atoms with Crippen molar-refractivity contribution < 1.29 is 0 Å². The van der Waals surface area contributed by atoms with Gasteiger partial charge in [-0.15, -0.1) is 5.10 Å². The van der Waals surface area contributed by atoms with Crippen LogP contribution in [0.15, 0.2) is 0 Å². The Morgan fingerprint density at radius 1 is 1.25 bits per heavy atom. The fourth-order valence-electron chi connectivity index (χ4n) is 3.73. The van der Waals surface area contributed by atoms with E-state index < -0.39 is 0 Å². The predicted molar refractivity (Wildman–Crippen MR) is 77.2 cm³/mol. The van der Waals surface area contributed by atoms with Gasteiger partial charge in [-0.05, 0) is 49.1 Å². The molecule has 2 aliphatic heterocycles. The van der Waals surface area contributed by atoms with Crippen LogP contribution in [-0.2, 0) is 13.1 Å². The van der Waals surface area contributed by atoms with Crippen molar-refractivity contribution in [1.29, 1.82) is 0 Å². The normalized spacial score (nSPS) is 29.2. The SMILES string of the molecule is CCCn1nnnc1CN(CC)C1CC2CCC(C1)N2. The third-order valence-electron chi connectivity index (χ3n) is 4.76. The first-order chi connectivity index (χ1) is 9.80. The lowest BCUT2D eigenvalue weighted by Gasteiger charge is -2.36. The maximum atomic E-state index is 4.22. The van der Waals surface area contributed by atoms with E-state index in [-0.39, 0.29) is 0 Å². The quantitative estimate of drug-likeness (QED) is 0.847. The molecule has 0 spiro atoms. The molecule has 3 rings (SSSR count). The zero-order valence-electron chi connectivity index (χ0n) is 12.6. The van der Waals surface area contributed by atoms with Gasteiger partial charge in [-0.2, -0.15) is 0 Å². The maximum absolute atomic E-state index is 4.22. The summed E-state index contributed by atoms with van der Waals surface area (Å²) >= 11 is 0. The minimum Gasteiger partial charge on any atom is -0.311 e. The highest BCUT2D eigenvalue weighted by molar-refractivity contribution is 4.96. The van der Waals surface area contributed by atoms with Gasteiger partial charge in [0.05, 0.1) is 6.54 Å². The van der Waals surface area contributed by atoms with Crippen molar-refractivity contribution in [2.24, 2.45) is 0 Å². The molecule has 0 aliphatic carbocycles. The number of aromatic nitrogens is 4. The Hall–Kier alpha value is -1.01. The molecule has 2 atom stereocenters. The van der Waals surface area contributed by atoms with Gasteiger partial charge in [-0.1, -0.05) is 13.8 Å². The molecule has 3 heterocycles. The molecule has 1 aromatic rings. The Balaban J connectivity index is 1.66. The van der Waals surface area contributed by atoms with Crippen LogP contribution in [0.25, 0.3) is 0 Å². The molecule has 112 valence electrons. The summed E-state index contributed by atoms with van der Waals surface area (Å²) in [4.78, 5) is 2.56. The Morgan fingerprint density at radius 3 is 2.65 bits per heavy atom. The summed E-state index contributed by atoms with van der Waals surface area (Å²) in [6.07, 6.45) is 6.33. The number of hydrogen-bond donors (Lipinski definition) is 1. The molecule has 0 aromatic carbocycles. The van der Waals surface area contributed by atoms with Gasteiger partial charge in [0.15, 0.2) is 5.82 Å². The van der Waals surface area contributed by atoms with Gasteiger partial charge in [-0.25, -0.2) is 4.68 Å². The molecule has 1 N–H and O–H groups in total. The van der Waals surface area contributed by atoms with Crippen LogP contribution < -0.4 is 5.32 Å². The average molecular weight is 278 g/mol. The van der Waals surface area contributed by atoms with Gasteiger partial charge >= 0.3 is 0 Å². The first kappa shape index (κ1) is 13.9. The summed E-state index contributed by atoms with van der Waals surface area (Å²) in [6.45, 7) is 7.28. The molecule has 2 unspecified atom stereocenters. The minimum atomic E-state index is 0.686. The molecular formula is C14H26N6. The maximum Gasteiger partial charge on any atom is 0.165 e. The smallest absolute Gasteiger partial charge is 0.165 e. The van der Waals surface area contributed by atoms with Crippen LogP contribution in [0, 0.1) is 0 Å². The Morgan fingerprint density at radius 2 is 2.00 bits per heavy atom. The number of piperidine rings is 1. The van der Waals surface area contributed by atoms with Gasteiger partial charge in [0, 0.05) is 24.7 Å². The van der Waals surface area contributed by atoms with Gasteiger partial charge in [0.2, 0.25) is 0 Å². The molecule has 2 bridgehead atoms. The van der Waals surface area contributed by atoms with Crippen molar-refractivity contribution in [3.63, 3.8) is 0 Å². The number of rotatable bonds is 6. The van der Waals surface area contributed by atoms with E-state index in [0.717, 1.165) is 44.0 Å². The van der Waals surface area contributed by atoms with Crippen LogP contribution in [0.4, 0.5) is 0 Å². The van der Waals surface area contributed by atoms with Gasteiger partial charge in [0.1, 0.15) is 0 Å². The van der Waals surface area contributed by atoms with E-state index in [9.17, 15) is 0 Å². The van der Waals surface area contributed by atoms with Crippen molar-refractivity contribution in [2.75, 3.05) is 6.54 Å². The van der Waals surface area contributed by atoms with E-state index in [0.29, 0.717) is 6.04 Å². The monoisotopic (exact) mass is 278 g/mol. The van der Waals surface area contributed by atoms with Crippen molar-refractivity contribution in [1.82, 2.24) is 30.4 Å². The molecule has 6 nitrogen and oxygen atoms in total. The highest BCUT2D eigenvalue weighted by Crippen LogP contribution is 2.30. The number of hydrogen-bond acceptors (Lipinski definition) is 5. The van der Waals surface area contributed by atoms with Crippen LogP contribution in [-0.4, -0.2) is 49.8 Å². The Bertz CT molecular complexity index is 419.